The molecule has 0 amide bonds. The monoisotopic (exact) mass is 1220 g/mol. The van der Waals surface area contributed by atoms with Crippen molar-refractivity contribution in [2.75, 3.05) is 0 Å². The van der Waals surface area contributed by atoms with E-state index in [0.717, 1.165) is 60.9 Å². The molecule has 0 unspecified atom stereocenters. The fourth-order valence-corrected chi connectivity index (χ4v) is 15.1. The van der Waals surface area contributed by atoms with Crippen LogP contribution in [0.1, 0.15) is 11.1 Å². The van der Waals surface area contributed by atoms with Crippen molar-refractivity contribution in [3.8, 4) is 79.1 Å². The van der Waals surface area contributed by atoms with Gasteiger partial charge in [-0.25, -0.2) is 0 Å². The molecule has 2 aromatic heterocycles. The first-order valence-corrected chi connectivity index (χ1v) is 32.6. The minimum Gasteiger partial charge on any atom is -0.309 e. The molecular formula is C92H56N4. The van der Waals surface area contributed by atoms with E-state index in [2.05, 4.69) is 325 Å². The van der Waals surface area contributed by atoms with Crippen molar-refractivity contribution in [2.45, 2.75) is 0 Å². The molecule has 0 aliphatic heterocycles. The van der Waals surface area contributed by atoms with E-state index in [1.807, 2.05) is 36.4 Å². The second-order valence-corrected chi connectivity index (χ2v) is 24.9. The largest absolute Gasteiger partial charge is 0.309 e. The van der Waals surface area contributed by atoms with Gasteiger partial charge in [0.1, 0.15) is 0 Å². The van der Waals surface area contributed by atoms with Crippen LogP contribution in [0.3, 0.4) is 0 Å². The minimum absolute atomic E-state index is 0.657. The molecule has 19 rings (SSSR count). The van der Waals surface area contributed by atoms with Gasteiger partial charge in [-0.05, 0) is 199 Å². The highest BCUT2D eigenvalue weighted by Crippen LogP contribution is 2.45. The highest BCUT2D eigenvalue weighted by atomic mass is 15.0. The van der Waals surface area contributed by atoms with Crippen LogP contribution in [-0.2, 0) is 0 Å². The van der Waals surface area contributed by atoms with Gasteiger partial charge in [0.05, 0.1) is 45.3 Å². The molecule has 0 aliphatic carbocycles. The quantitative estimate of drug-likeness (QED) is 0.149. The Morgan fingerprint density at radius 2 is 0.479 bits per heavy atom. The molecule has 0 radical (unpaired) electrons. The van der Waals surface area contributed by atoms with Crippen LogP contribution in [0, 0.1) is 22.7 Å². The van der Waals surface area contributed by atoms with E-state index in [1.165, 1.54) is 114 Å². The summed E-state index contributed by atoms with van der Waals surface area (Å²) in [4.78, 5) is 0. The average Bonchev–Trinajstić information content (AvgIpc) is 1.01. The number of nitriles is 2. The highest BCUT2D eigenvalue weighted by Gasteiger charge is 2.20. The van der Waals surface area contributed by atoms with Crippen molar-refractivity contribution < 1.29 is 0 Å². The minimum atomic E-state index is 0.657. The van der Waals surface area contributed by atoms with Gasteiger partial charge in [0, 0.05) is 32.9 Å². The molecule has 19 aromatic rings. The molecule has 17 aromatic carbocycles. The second kappa shape index (κ2) is 22.9. The summed E-state index contributed by atoms with van der Waals surface area (Å²) in [5, 5.41) is 39.2. The lowest BCUT2D eigenvalue weighted by Crippen LogP contribution is -1.93. The van der Waals surface area contributed by atoms with E-state index in [4.69, 9.17) is 0 Å². The summed E-state index contributed by atoms with van der Waals surface area (Å²) in [6, 6.07) is 126. The van der Waals surface area contributed by atoms with Gasteiger partial charge >= 0.3 is 0 Å². The van der Waals surface area contributed by atoms with Gasteiger partial charge < -0.3 is 9.13 Å². The maximum absolute atomic E-state index is 9.68. The van der Waals surface area contributed by atoms with E-state index in [-0.39, 0.29) is 0 Å². The molecular weight excluding hydrogens is 1160 g/mol. The zero-order chi connectivity index (χ0) is 63.8. The van der Waals surface area contributed by atoms with Gasteiger partial charge in [-0.2, -0.15) is 10.5 Å². The Morgan fingerprint density at radius 1 is 0.188 bits per heavy atom. The predicted molar refractivity (Wildman–Crippen MR) is 403 cm³/mol. The van der Waals surface area contributed by atoms with Gasteiger partial charge in [0.2, 0.25) is 0 Å². The second-order valence-electron chi connectivity index (χ2n) is 24.9. The van der Waals surface area contributed by atoms with Crippen LogP contribution in [0.4, 0.5) is 0 Å². The number of nitrogens with zero attached hydrogens (tertiary/aromatic N) is 4. The summed E-state index contributed by atoms with van der Waals surface area (Å²) >= 11 is 0. The summed E-state index contributed by atoms with van der Waals surface area (Å²) < 4.78 is 4.55. The van der Waals surface area contributed by atoms with Crippen LogP contribution >= 0.6 is 0 Å². The third kappa shape index (κ3) is 9.28. The molecule has 4 nitrogen and oxygen atoms in total. The number of aromatic nitrogens is 2. The molecule has 0 aliphatic rings. The number of hydrogen-bond donors (Lipinski definition) is 0. The summed E-state index contributed by atoms with van der Waals surface area (Å²) in [7, 11) is 0. The highest BCUT2D eigenvalue weighted by molar-refractivity contribution is 6.25. The first-order chi connectivity index (χ1) is 47.5. The first-order valence-electron chi connectivity index (χ1n) is 32.6. The average molecular weight is 1220 g/mol. The summed E-state index contributed by atoms with van der Waals surface area (Å²) in [6.07, 6.45) is 0. The first kappa shape index (κ1) is 55.7. The van der Waals surface area contributed by atoms with E-state index in [1.54, 1.807) is 0 Å². The van der Waals surface area contributed by atoms with Crippen LogP contribution in [-0.4, -0.2) is 9.13 Å². The lowest BCUT2D eigenvalue weighted by atomic mass is 9.87. The molecule has 0 N–H and O–H groups in total. The fourth-order valence-electron chi connectivity index (χ4n) is 15.1. The normalized spacial score (nSPS) is 11.5. The molecule has 0 bridgehead atoms. The van der Waals surface area contributed by atoms with Crippen molar-refractivity contribution in [2.24, 2.45) is 0 Å². The number of benzene rings is 17. The molecule has 0 saturated carbocycles. The van der Waals surface area contributed by atoms with Gasteiger partial charge in [-0.3, -0.25) is 0 Å². The lowest BCUT2D eigenvalue weighted by Gasteiger charge is -2.16. The number of para-hydroxylation sites is 2. The standard InChI is InChI=1S/C49H30N2.C43H26N2/c50-31-32-19-25-42-43-26-24-36(28-49(43)51(48(42)27-32)37-13-5-2-6-14-37)33-20-22-35(23-21-33)45-30-47-40-17-9-7-15-38(40)44(34-11-3-1-4-12-34)29-46(47)41-18-10-8-16-39(41)45;44-27-28-14-21-38-39-23-20-32(25-43(39)45(42(38)24-28)33-9-2-1-3-10-33)29-15-17-31(18-16-29)40-26-41-34-11-5-4-8-30(34)19-22-37(41)35-12-6-7-13-36(35)40/h1-30H;1-26H. The topological polar surface area (TPSA) is 57.4 Å². The van der Waals surface area contributed by atoms with E-state index >= 15 is 0 Å². The van der Waals surface area contributed by atoms with Crippen LogP contribution in [0.25, 0.3) is 175 Å². The molecule has 0 fully saturated rings. The molecule has 4 heteroatoms. The molecule has 0 saturated heterocycles. The van der Waals surface area contributed by atoms with Gasteiger partial charge in [0.25, 0.3) is 0 Å². The number of fused-ring (bicyclic) bond motifs is 16. The Labute approximate surface area is 554 Å². The van der Waals surface area contributed by atoms with E-state index < -0.39 is 0 Å². The van der Waals surface area contributed by atoms with Crippen molar-refractivity contribution >= 4 is 108 Å². The van der Waals surface area contributed by atoms with Gasteiger partial charge in [0.15, 0.2) is 0 Å². The van der Waals surface area contributed by atoms with E-state index in [0.29, 0.717) is 11.1 Å². The van der Waals surface area contributed by atoms with E-state index in [9.17, 15) is 10.5 Å². The summed E-state index contributed by atoms with van der Waals surface area (Å²) in [5.74, 6) is 0. The SMILES string of the molecule is N#Cc1ccc2c3ccc(-c4ccc(-c5cc6c7ccccc7c(-c7ccccc7)cc6c6ccccc56)cc4)cc3n(-c3ccccc3)c2c1.N#Cc1ccc2c3ccc(-c4ccc(-c5cc6c7ccccc7ccc6c6ccccc56)cc4)cc3n(-c3ccccc3)c2c1. The predicted octanol–water partition coefficient (Wildman–Crippen LogP) is 24.6. The molecule has 444 valence electrons. The van der Waals surface area contributed by atoms with Gasteiger partial charge in [-0.1, -0.05) is 261 Å². The van der Waals surface area contributed by atoms with Crippen molar-refractivity contribution in [1.82, 2.24) is 9.13 Å². The van der Waals surface area contributed by atoms with Gasteiger partial charge in [-0.15, -0.1) is 0 Å². The third-order valence-corrected chi connectivity index (χ3v) is 19.6. The Bertz CT molecular complexity index is 6430. The fraction of sp³-hybridized carbons (Fsp3) is 0. The molecule has 96 heavy (non-hydrogen) atoms. The maximum Gasteiger partial charge on any atom is 0.0992 e. The number of hydrogen-bond acceptors (Lipinski definition) is 2. The maximum atomic E-state index is 9.68. The van der Waals surface area contributed by atoms with Crippen molar-refractivity contribution in [1.29, 1.82) is 10.5 Å². The molecule has 0 spiro atoms. The summed E-state index contributed by atoms with van der Waals surface area (Å²) in [6.45, 7) is 0. The van der Waals surface area contributed by atoms with Crippen LogP contribution in [0.15, 0.2) is 340 Å². The molecule has 2 heterocycles. The van der Waals surface area contributed by atoms with Crippen molar-refractivity contribution in [3.05, 3.63) is 351 Å². The third-order valence-electron chi connectivity index (χ3n) is 19.6. The number of rotatable bonds is 7. The Morgan fingerprint density at radius 3 is 0.906 bits per heavy atom. The Kier molecular flexibility index (Phi) is 13.3. The zero-order valence-electron chi connectivity index (χ0n) is 52.1. The summed E-state index contributed by atoms with van der Waals surface area (Å²) in [5.41, 5.74) is 19.8. The zero-order valence-corrected chi connectivity index (χ0v) is 52.1. The van der Waals surface area contributed by atoms with Crippen LogP contribution < -0.4 is 0 Å². The lowest BCUT2D eigenvalue weighted by molar-refractivity contribution is 1.18. The van der Waals surface area contributed by atoms with Crippen LogP contribution in [0.2, 0.25) is 0 Å². The molecule has 0 atom stereocenters. The van der Waals surface area contributed by atoms with Crippen LogP contribution in [0.5, 0.6) is 0 Å². The Balaban J connectivity index is 0.000000141. The van der Waals surface area contributed by atoms with Crippen molar-refractivity contribution in [3.63, 3.8) is 0 Å². The smallest absolute Gasteiger partial charge is 0.0992 e. The Hall–Kier alpha value is -13.1.